The second-order valence-electron chi connectivity index (χ2n) is 7.57. The van der Waals surface area contributed by atoms with Gasteiger partial charge >= 0.3 is 0 Å². The standard InChI is InChI=1S/C21H23F2N5O2S/c1-11-6-3-4-9-15(30-11)18-14(10-25-28(18)2)26-20(29)17-19(24)31-21(27-17)16-12(22)7-5-8-13(16)23/h5,7-8,10-11,15H,3-4,6,9,24H2,1-2H3,(H,26,29)/t11-,15-/m1/s1. The summed E-state index contributed by atoms with van der Waals surface area (Å²) in [7, 11) is 1.79. The number of halogens is 2. The van der Waals surface area contributed by atoms with E-state index in [0.717, 1.165) is 54.8 Å². The molecule has 31 heavy (non-hydrogen) atoms. The number of carbonyl (C=O) groups excluding carboxylic acids is 1. The number of aromatic nitrogens is 3. The number of nitrogen functional groups attached to an aromatic ring is 1. The fourth-order valence-electron chi connectivity index (χ4n) is 3.79. The van der Waals surface area contributed by atoms with Crippen molar-refractivity contribution < 1.29 is 18.3 Å². The Hall–Kier alpha value is -2.85. The maximum absolute atomic E-state index is 14.1. The number of nitrogens with zero attached hydrogens (tertiary/aromatic N) is 3. The Balaban J connectivity index is 1.61. The molecule has 0 radical (unpaired) electrons. The first-order valence-corrected chi connectivity index (χ1v) is 10.9. The first-order valence-electron chi connectivity index (χ1n) is 10.0. The van der Waals surface area contributed by atoms with Gasteiger partial charge in [-0.25, -0.2) is 13.8 Å². The topological polar surface area (TPSA) is 95.1 Å². The lowest BCUT2D eigenvalue weighted by molar-refractivity contribution is -0.00306. The van der Waals surface area contributed by atoms with Crippen LogP contribution in [0.25, 0.3) is 10.6 Å². The minimum atomic E-state index is -0.769. The zero-order valence-corrected chi connectivity index (χ0v) is 18.0. The number of nitrogens with one attached hydrogen (secondary N) is 1. The number of thiazole rings is 1. The van der Waals surface area contributed by atoms with Crippen LogP contribution in [0.5, 0.6) is 0 Å². The SMILES string of the molecule is C[C@@H]1CCCC[C@H](c2c(NC(=O)c3nc(-c4c(F)cccc4F)sc3N)cnn2C)O1. The second-order valence-corrected chi connectivity index (χ2v) is 8.60. The highest BCUT2D eigenvalue weighted by Crippen LogP contribution is 2.36. The van der Waals surface area contributed by atoms with Gasteiger partial charge in [-0.05, 0) is 31.9 Å². The minimum Gasteiger partial charge on any atom is -0.389 e. The van der Waals surface area contributed by atoms with Crippen LogP contribution in [0.4, 0.5) is 19.5 Å². The quantitative estimate of drug-likeness (QED) is 0.606. The summed E-state index contributed by atoms with van der Waals surface area (Å²) < 4.78 is 36.0. The molecule has 3 heterocycles. The van der Waals surface area contributed by atoms with Gasteiger partial charge in [0.05, 0.1) is 29.2 Å². The molecule has 2 atom stereocenters. The molecule has 3 N–H and O–H groups in total. The summed E-state index contributed by atoms with van der Waals surface area (Å²) >= 11 is 0.856. The van der Waals surface area contributed by atoms with Crippen molar-refractivity contribution in [3.8, 4) is 10.6 Å². The van der Waals surface area contributed by atoms with Gasteiger partial charge in [-0.15, -0.1) is 0 Å². The molecule has 1 saturated heterocycles. The number of nitrogens with two attached hydrogens (primary N) is 1. The van der Waals surface area contributed by atoms with Gasteiger partial charge in [0.1, 0.15) is 27.7 Å². The molecular formula is C21H23F2N5O2S. The molecule has 0 aliphatic carbocycles. The third-order valence-electron chi connectivity index (χ3n) is 5.31. The van der Waals surface area contributed by atoms with Crippen molar-refractivity contribution in [2.75, 3.05) is 11.1 Å². The molecule has 0 bridgehead atoms. The lowest BCUT2D eigenvalue weighted by atomic mass is 10.1. The molecule has 1 fully saturated rings. The number of anilines is 2. The highest BCUT2D eigenvalue weighted by Gasteiger charge is 2.27. The minimum absolute atomic E-state index is 0.00517. The molecule has 1 aromatic carbocycles. The predicted octanol–water partition coefficient (Wildman–Crippen LogP) is 4.68. The van der Waals surface area contributed by atoms with Crippen molar-refractivity contribution in [1.29, 1.82) is 0 Å². The Labute approximate surface area is 182 Å². The van der Waals surface area contributed by atoms with E-state index in [0.29, 0.717) is 5.69 Å². The molecule has 1 aliphatic rings. The van der Waals surface area contributed by atoms with E-state index in [2.05, 4.69) is 15.4 Å². The van der Waals surface area contributed by atoms with Gasteiger partial charge in [-0.1, -0.05) is 30.2 Å². The number of hydrogen-bond donors (Lipinski definition) is 2. The summed E-state index contributed by atoms with van der Waals surface area (Å²) in [5.41, 5.74) is 6.83. The highest BCUT2D eigenvalue weighted by molar-refractivity contribution is 7.19. The summed E-state index contributed by atoms with van der Waals surface area (Å²) in [6.45, 7) is 2.03. The Morgan fingerprint density at radius 1 is 1.29 bits per heavy atom. The number of aryl methyl sites for hydroxylation is 1. The van der Waals surface area contributed by atoms with Crippen LogP contribution in [0.15, 0.2) is 24.4 Å². The zero-order valence-electron chi connectivity index (χ0n) is 17.2. The molecule has 0 unspecified atom stereocenters. The van der Waals surface area contributed by atoms with Gasteiger partial charge in [-0.2, -0.15) is 5.10 Å². The molecule has 10 heteroatoms. The smallest absolute Gasteiger partial charge is 0.277 e. The van der Waals surface area contributed by atoms with Crippen molar-refractivity contribution in [3.05, 3.63) is 47.4 Å². The lowest BCUT2D eigenvalue weighted by Crippen LogP contribution is -2.18. The fourth-order valence-corrected chi connectivity index (χ4v) is 4.67. The van der Waals surface area contributed by atoms with Gasteiger partial charge in [-0.3, -0.25) is 9.48 Å². The van der Waals surface area contributed by atoms with Gasteiger partial charge in [0, 0.05) is 7.05 Å². The molecule has 164 valence electrons. The number of ether oxygens (including phenoxy) is 1. The van der Waals surface area contributed by atoms with Gasteiger partial charge < -0.3 is 15.8 Å². The van der Waals surface area contributed by atoms with Gasteiger partial charge in [0.2, 0.25) is 0 Å². The number of amides is 1. The van der Waals surface area contributed by atoms with Crippen LogP contribution in [0.1, 0.15) is 54.9 Å². The molecular weight excluding hydrogens is 424 g/mol. The first-order chi connectivity index (χ1) is 14.8. The summed E-state index contributed by atoms with van der Waals surface area (Å²) in [5.74, 6) is -2.11. The van der Waals surface area contributed by atoms with E-state index in [-0.39, 0.29) is 33.5 Å². The van der Waals surface area contributed by atoms with E-state index >= 15 is 0 Å². The number of hydrogen-bond acceptors (Lipinski definition) is 6. The largest absolute Gasteiger partial charge is 0.389 e. The van der Waals surface area contributed by atoms with Crippen LogP contribution in [0.2, 0.25) is 0 Å². The summed E-state index contributed by atoms with van der Waals surface area (Å²) in [4.78, 5) is 17.0. The van der Waals surface area contributed by atoms with E-state index in [9.17, 15) is 13.6 Å². The maximum atomic E-state index is 14.1. The average molecular weight is 448 g/mol. The van der Waals surface area contributed by atoms with Crippen molar-refractivity contribution in [2.45, 2.75) is 44.8 Å². The van der Waals surface area contributed by atoms with Crippen LogP contribution >= 0.6 is 11.3 Å². The van der Waals surface area contributed by atoms with Crippen LogP contribution < -0.4 is 11.1 Å². The summed E-state index contributed by atoms with van der Waals surface area (Å²) in [5, 5.41) is 7.13. The van der Waals surface area contributed by atoms with E-state index in [4.69, 9.17) is 10.5 Å². The normalized spacial score (nSPS) is 19.2. The second kappa shape index (κ2) is 8.72. The van der Waals surface area contributed by atoms with Crippen LogP contribution in [0.3, 0.4) is 0 Å². The monoisotopic (exact) mass is 447 g/mol. The van der Waals surface area contributed by atoms with Gasteiger partial charge in [0.15, 0.2) is 5.69 Å². The maximum Gasteiger partial charge on any atom is 0.277 e. The van der Waals surface area contributed by atoms with Crippen LogP contribution in [-0.2, 0) is 11.8 Å². The van der Waals surface area contributed by atoms with Crippen LogP contribution in [-0.4, -0.2) is 26.8 Å². The molecule has 4 rings (SSSR count). The molecule has 0 saturated carbocycles. The van der Waals surface area contributed by atoms with Crippen LogP contribution in [0, 0.1) is 11.6 Å². The average Bonchev–Trinajstić information content (AvgIpc) is 3.18. The van der Waals surface area contributed by atoms with Gasteiger partial charge in [0.25, 0.3) is 5.91 Å². The third-order valence-corrected chi connectivity index (χ3v) is 6.21. The molecule has 1 aliphatic heterocycles. The Morgan fingerprint density at radius 3 is 2.74 bits per heavy atom. The number of carbonyl (C=O) groups is 1. The van der Waals surface area contributed by atoms with E-state index < -0.39 is 17.5 Å². The van der Waals surface area contributed by atoms with Crippen molar-refractivity contribution in [1.82, 2.24) is 14.8 Å². The fraction of sp³-hybridized carbons (Fsp3) is 0.381. The Kier molecular flexibility index (Phi) is 6.01. The number of rotatable bonds is 4. The van der Waals surface area contributed by atoms with E-state index in [1.807, 2.05) is 6.92 Å². The molecule has 1 amide bonds. The molecule has 3 aromatic rings. The molecule has 2 aromatic heterocycles. The molecule has 0 spiro atoms. The Morgan fingerprint density at radius 2 is 2.00 bits per heavy atom. The van der Waals surface area contributed by atoms with Crippen molar-refractivity contribution in [3.63, 3.8) is 0 Å². The van der Waals surface area contributed by atoms with Crippen molar-refractivity contribution >= 4 is 27.9 Å². The lowest BCUT2D eigenvalue weighted by Gasteiger charge is -2.20. The first kappa shape index (κ1) is 21.4. The van der Waals surface area contributed by atoms with E-state index in [1.165, 1.54) is 6.07 Å². The Bertz CT molecular complexity index is 1090. The summed E-state index contributed by atoms with van der Waals surface area (Å²) in [6.07, 6.45) is 5.37. The third kappa shape index (κ3) is 4.31. The number of benzene rings is 1. The molecule has 7 nitrogen and oxygen atoms in total. The highest BCUT2D eigenvalue weighted by atomic mass is 32.1. The predicted molar refractivity (Wildman–Crippen MR) is 115 cm³/mol. The zero-order chi connectivity index (χ0) is 22.1. The van der Waals surface area contributed by atoms with E-state index in [1.54, 1.807) is 17.9 Å². The van der Waals surface area contributed by atoms with Crippen molar-refractivity contribution in [2.24, 2.45) is 7.05 Å². The summed E-state index contributed by atoms with van der Waals surface area (Å²) in [6, 6.07) is 3.52.